The van der Waals surface area contributed by atoms with E-state index in [9.17, 15) is 4.79 Å². The molecule has 0 spiro atoms. The third kappa shape index (κ3) is 7.15. The van der Waals surface area contributed by atoms with Gasteiger partial charge in [-0.3, -0.25) is 9.79 Å². The van der Waals surface area contributed by atoms with Gasteiger partial charge in [-0.25, -0.2) is 0 Å². The molecular formula is C20H25ClN4OS. The maximum atomic E-state index is 11.9. The van der Waals surface area contributed by atoms with Crippen molar-refractivity contribution in [3.8, 4) is 0 Å². The SMILES string of the molecule is CN=C(NCCSc1ccc(Cl)cc1)NCc1ccc(C(=O)N(C)C)cc1. The van der Waals surface area contributed by atoms with Crippen molar-refractivity contribution in [3.63, 3.8) is 0 Å². The van der Waals surface area contributed by atoms with E-state index in [1.807, 2.05) is 48.5 Å². The smallest absolute Gasteiger partial charge is 0.253 e. The van der Waals surface area contributed by atoms with E-state index in [0.29, 0.717) is 12.1 Å². The number of nitrogens with one attached hydrogen (secondary N) is 2. The van der Waals surface area contributed by atoms with E-state index in [4.69, 9.17) is 11.6 Å². The summed E-state index contributed by atoms with van der Waals surface area (Å²) in [6.45, 7) is 1.43. The van der Waals surface area contributed by atoms with Gasteiger partial charge in [0.25, 0.3) is 5.91 Å². The van der Waals surface area contributed by atoms with Crippen LogP contribution in [0.5, 0.6) is 0 Å². The fraction of sp³-hybridized carbons (Fsp3) is 0.300. The van der Waals surface area contributed by atoms with E-state index >= 15 is 0 Å². The molecule has 144 valence electrons. The lowest BCUT2D eigenvalue weighted by atomic mass is 10.1. The summed E-state index contributed by atoms with van der Waals surface area (Å²) < 4.78 is 0. The number of carbonyl (C=O) groups excluding carboxylic acids is 1. The van der Waals surface area contributed by atoms with Crippen LogP contribution >= 0.6 is 23.4 Å². The van der Waals surface area contributed by atoms with Crippen LogP contribution < -0.4 is 10.6 Å². The van der Waals surface area contributed by atoms with Gasteiger partial charge in [0.15, 0.2) is 5.96 Å². The van der Waals surface area contributed by atoms with Gasteiger partial charge in [0.2, 0.25) is 0 Å². The van der Waals surface area contributed by atoms with Gasteiger partial charge in [0.05, 0.1) is 0 Å². The van der Waals surface area contributed by atoms with E-state index in [-0.39, 0.29) is 5.91 Å². The maximum absolute atomic E-state index is 11.9. The first-order chi connectivity index (χ1) is 13.0. The molecule has 0 bridgehead atoms. The number of amides is 1. The third-order valence-corrected chi connectivity index (χ3v) is 5.03. The molecule has 0 heterocycles. The van der Waals surface area contributed by atoms with Gasteiger partial charge < -0.3 is 15.5 Å². The molecule has 2 rings (SSSR count). The highest BCUT2D eigenvalue weighted by Crippen LogP contribution is 2.19. The lowest BCUT2D eigenvalue weighted by Gasteiger charge is -2.13. The lowest BCUT2D eigenvalue weighted by Crippen LogP contribution is -2.37. The Morgan fingerprint density at radius 2 is 1.74 bits per heavy atom. The van der Waals surface area contributed by atoms with E-state index in [1.54, 1.807) is 37.8 Å². The number of aliphatic imine (C=N–C) groups is 1. The van der Waals surface area contributed by atoms with Gasteiger partial charge in [-0.15, -0.1) is 11.8 Å². The first-order valence-electron chi connectivity index (χ1n) is 8.63. The molecule has 5 nitrogen and oxygen atoms in total. The van der Waals surface area contributed by atoms with Crippen molar-refractivity contribution in [1.29, 1.82) is 0 Å². The van der Waals surface area contributed by atoms with E-state index in [1.165, 1.54) is 4.90 Å². The Hall–Kier alpha value is -2.18. The summed E-state index contributed by atoms with van der Waals surface area (Å²) in [6, 6.07) is 15.4. The zero-order chi connectivity index (χ0) is 19.6. The Bertz CT molecular complexity index is 761. The van der Waals surface area contributed by atoms with Crippen LogP contribution in [-0.4, -0.2) is 50.2 Å². The number of hydrogen-bond donors (Lipinski definition) is 2. The van der Waals surface area contributed by atoms with Crippen molar-refractivity contribution in [2.45, 2.75) is 11.4 Å². The average molecular weight is 405 g/mol. The fourth-order valence-corrected chi connectivity index (χ4v) is 3.19. The number of guanidine groups is 1. The molecule has 2 aromatic rings. The van der Waals surface area contributed by atoms with Crippen molar-refractivity contribution < 1.29 is 4.79 Å². The molecule has 0 aromatic heterocycles. The Kier molecular flexibility index (Phi) is 8.48. The highest BCUT2D eigenvalue weighted by atomic mass is 35.5. The maximum Gasteiger partial charge on any atom is 0.253 e. The minimum absolute atomic E-state index is 0.00479. The minimum atomic E-state index is 0.00479. The largest absolute Gasteiger partial charge is 0.356 e. The standard InChI is InChI=1S/C20H25ClN4OS/c1-22-20(23-12-13-27-18-10-8-17(21)9-11-18)24-14-15-4-6-16(7-5-15)19(26)25(2)3/h4-11H,12-14H2,1-3H3,(H2,22,23,24). The topological polar surface area (TPSA) is 56.7 Å². The summed E-state index contributed by atoms with van der Waals surface area (Å²) in [6.07, 6.45) is 0. The summed E-state index contributed by atoms with van der Waals surface area (Å²) in [5.41, 5.74) is 1.77. The average Bonchev–Trinajstić information content (AvgIpc) is 2.68. The first-order valence-corrected chi connectivity index (χ1v) is 9.99. The van der Waals surface area contributed by atoms with Crippen LogP contribution in [0.4, 0.5) is 0 Å². The number of benzene rings is 2. The van der Waals surface area contributed by atoms with Crippen LogP contribution in [0.15, 0.2) is 58.4 Å². The van der Waals surface area contributed by atoms with Crippen LogP contribution in [0.25, 0.3) is 0 Å². The molecular weight excluding hydrogens is 380 g/mol. The number of rotatable bonds is 7. The number of thioether (sulfide) groups is 1. The normalized spacial score (nSPS) is 11.2. The predicted molar refractivity (Wildman–Crippen MR) is 115 cm³/mol. The second-order valence-electron chi connectivity index (χ2n) is 6.05. The number of halogens is 1. The molecule has 0 aliphatic rings. The van der Waals surface area contributed by atoms with Crippen molar-refractivity contribution in [3.05, 3.63) is 64.7 Å². The molecule has 2 N–H and O–H groups in total. The van der Waals surface area contributed by atoms with E-state index in [0.717, 1.165) is 28.8 Å². The quantitative estimate of drug-likeness (QED) is 0.321. The van der Waals surface area contributed by atoms with Gasteiger partial charge in [-0.1, -0.05) is 23.7 Å². The summed E-state index contributed by atoms with van der Waals surface area (Å²) in [7, 11) is 5.25. The zero-order valence-electron chi connectivity index (χ0n) is 15.8. The first kappa shape index (κ1) is 21.1. The number of hydrogen-bond acceptors (Lipinski definition) is 3. The van der Waals surface area contributed by atoms with Crippen LogP contribution in [0.3, 0.4) is 0 Å². The molecule has 0 atom stereocenters. The molecule has 0 saturated carbocycles. The molecule has 0 unspecified atom stereocenters. The van der Waals surface area contributed by atoms with Crippen molar-refractivity contribution in [2.75, 3.05) is 33.4 Å². The Morgan fingerprint density at radius 1 is 1.07 bits per heavy atom. The predicted octanol–water partition coefficient (Wildman–Crippen LogP) is 3.50. The van der Waals surface area contributed by atoms with Gasteiger partial charge in [0, 0.05) is 55.5 Å². The molecule has 7 heteroatoms. The summed E-state index contributed by atoms with van der Waals surface area (Å²) in [5.74, 6) is 1.68. The number of nitrogens with zero attached hydrogens (tertiary/aromatic N) is 2. The van der Waals surface area contributed by atoms with Crippen molar-refractivity contribution in [2.24, 2.45) is 4.99 Å². The molecule has 2 aromatic carbocycles. The summed E-state index contributed by atoms with van der Waals surface area (Å²) >= 11 is 7.65. The van der Waals surface area contributed by atoms with Crippen LogP contribution in [0, 0.1) is 0 Å². The van der Waals surface area contributed by atoms with Gasteiger partial charge >= 0.3 is 0 Å². The third-order valence-electron chi connectivity index (χ3n) is 3.77. The molecule has 0 aliphatic heterocycles. The molecule has 27 heavy (non-hydrogen) atoms. The van der Waals surface area contributed by atoms with Crippen molar-refractivity contribution in [1.82, 2.24) is 15.5 Å². The van der Waals surface area contributed by atoms with Gasteiger partial charge in [-0.2, -0.15) is 0 Å². The van der Waals surface area contributed by atoms with Crippen molar-refractivity contribution >= 4 is 35.2 Å². The fourth-order valence-electron chi connectivity index (χ4n) is 2.30. The van der Waals surface area contributed by atoms with E-state index < -0.39 is 0 Å². The Morgan fingerprint density at radius 3 is 2.33 bits per heavy atom. The Labute approximate surface area is 170 Å². The Balaban J connectivity index is 1.73. The molecule has 0 fully saturated rings. The lowest BCUT2D eigenvalue weighted by molar-refractivity contribution is 0.0827. The van der Waals surface area contributed by atoms with Gasteiger partial charge in [-0.05, 0) is 42.0 Å². The molecule has 0 aliphatic carbocycles. The highest BCUT2D eigenvalue weighted by molar-refractivity contribution is 7.99. The molecule has 0 saturated heterocycles. The van der Waals surface area contributed by atoms with Crippen LogP contribution in [0.2, 0.25) is 5.02 Å². The number of carbonyl (C=O) groups is 1. The summed E-state index contributed by atoms with van der Waals surface area (Å²) in [5, 5.41) is 7.33. The second kappa shape index (κ2) is 10.8. The summed E-state index contributed by atoms with van der Waals surface area (Å²) in [4.78, 5) is 18.9. The highest BCUT2D eigenvalue weighted by Gasteiger charge is 2.07. The second-order valence-corrected chi connectivity index (χ2v) is 7.66. The van der Waals surface area contributed by atoms with Gasteiger partial charge in [0.1, 0.15) is 0 Å². The molecule has 0 radical (unpaired) electrons. The van der Waals surface area contributed by atoms with Crippen LogP contribution in [-0.2, 0) is 6.54 Å². The minimum Gasteiger partial charge on any atom is -0.356 e. The zero-order valence-corrected chi connectivity index (χ0v) is 17.4. The monoisotopic (exact) mass is 404 g/mol. The molecule has 1 amide bonds. The van der Waals surface area contributed by atoms with Crippen LogP contribution in [0.1, 0.15) is 15.9 Å². The van der Waals surface area contributed by atoms with E-state index in [2.05, 4.69) is 15.6 Å².